The van der Waals surface area contributed by atoms with Crippen LogP contribution in [-0.4, -0.2) is 42.3 Å². The average molecular weight is 420 g/mol. The molecule has 0 saturated carbocycles. The molecule has 2 aromatic rings. The van der Waals surface area contributed by atoms with Crippen LogP contribution in [0.15, 0.2) is 53.5 Å². The Hall–Kier alpha value is -2.39. The number of anilines is 1. The minimum Gasteiger partial charge on any atom is -0.348 e. The lowest BCUT2D eigenvalue weighted by atomic mass is 10.1. The van der Waals surface area contributed by atoms with Crippen LogP contribution in [0.3, 0.4) is 0 Å². The van der Waals surface area contributed by atoms with Crippen molar-refractivity contribution in [2.75, 3.05) is 16.8 Å². The van der Waals surface area contributed by atoms with Gasteiger partial charge in [-0.1, -0.05) is 23.9 Å². The van der Waals surface area contributed by atoms with E-state index in [-0.39, 0.29) is 34.5 Å². The second-order valence-corrected chi connectivity index (χ2v) is 10.1. The van der Waals surface area contributed by atoms with Gasteiger partial charge in [-0.05, 0) is 42.0 Å². The fourth-order valence-corrected chi connectivity index (χ4v) is 6.81. The molecule has 2 aromatic carbocycles. The zero-order chi connectivity index (χ0) is 19.7. The van der Waals surface area contributed by atoms with E-state index < -0.39 is 9.84 Å². The number of hydrogen-bond acceptors (Lipinski definition) is 6. The quantitative estimate of drug-likeness (QED) is 0.795. The first-order valence-corrected chi connectivity index (χ1v) is 11.4. The molecule has 9 heteroatoms. The lowest BCUT2D eigenvalue weighted by molar-refractivity contribution is 0.0951. The number of thioether (sulfide) groups is 1. The van der Waals surface area contributed by atoms with Crippen LogP contribution in [0.2, 0.25) is 0 Å². The third-order valence-corrected chi connectivity index (χ3v) is 7.72. The van der Waals surface area contributed by atoms with Crippen molar-refractivity contribution < 1.29 is 17.6 Å². The average Bonchev–Trinajstić information content (AvgIpc) is 3.14. The number of hydrogen-bond donors (Lipinski definition) is 2. The van der Waals surface area contributed by atoms with E-state index in [4.69, 9.17) is 0 Å². The maximum absolute atomic E-state index is 12.9. The van der Waals surface area contributed by atoms with Gasteiger partial charge in [-0.15, -0.1) is 0 Å². The highest BCUT2D eigenvalue weighted by molar-refractivity contribution is 8.15. The molecule has 1 saturated heterocycles. The number of nitrogens with zero attached hydrogens (tertiary/aromatic N) is 1. The predicted molar refractivity (Wildman–Crippen MR) is 109 cm³/mol. The molecule has 0 bridgehead atoms. The number of fused-ring (bicyclic) bond motifs is 1. The number of nitrogens with one attached hydrogen (secondary N) is 2. The molecule has 146 valence electrons. The van der Waals surface area contributed by atoms with Crippen LogP contribution in [0.5, 0.6) is 0 Å². The number of benzene rings is 2. The molecular formula is C19H18FN3O3S2. The standard InChI is InChI=1S/C19H18FN3O3S2/c20-14-5-1-12(2-6-14)9-21-18(24)13-3-7-15(8-4-13)22-19-23-16-10-28(25,26)11-17(16)27-19/h1-8,16-17H,9-11H2,(H,21,24)(H,22,23)/t16-,17-/m1/s1. The van der Waals surface area contributed by atoms with Gasteiger partial charge < -0.3 is 10.6 Å². The summed E-state index contributed by atoms with van der Waals surface area (Å²) < 4.78 is 36.1. The Morgan fingerprint density at radius 1 is 1.11 bits per heavy atom. The summed E-state index contributed by atoms with van der Waals surface area (Å²) >= 11 is 1.45. The topological polar surface area (TPSA) is 87.6 Å². The van der Waals surface area contributed by atoms with E-state index in [9.17, 15) is 17.6 Å². The van der Waals surface area contributed by atoms with Crippen LogP contribution >= 0.6 is 11.8 Å². The SMILES string of the molecule is O=C(NCc1ccc(F)cc1)c1ccc(NC2=N[C@@H]3CS(=O)(=O)C[C@H]3S2)cc1. The lowest BCUT2D eigenvalue weighted by Gasteiger charge is -2.09. The monoisotopic (exact) mass is 419 g/mol. The fraction of sp³-hybridized carbons (Fsp3) is 0.263. The summed E-state index contributed by atoms with van der Waals surface area (Å²) in [5.74, 6) is -0.246. The van der Waals surface area contributed by atoms with E-state index in [0.717, 1.165) is 11.3 Å². The van der Waals surface area contributed by atoms with Gasteiger partial charge in [-0.25, -0.2) is 12.8 Å². The minimum absolute atomic E-state index is 0.0102. The highest BCUT2D eigenvalue weighted by Crippen LogP contribution is 2.34. The normalized spacial score (nSPS) is 22.4. The van der Waals surface area contributed by atoms with E-state index >= 15 is 0 Å². The Labute approximate surface area is 166 Å². The molecule has 0 radical (unpaired) electrons. The van der Waals surface area contributed by atoms with Crippen LogP contribution in [0.25, 0.3) is 0 Å². The van der Waals surface area contributed by atoms with Crippen LogP contribution < -0.4 is 10.6 Å². The van der Waals surface area contributed by atoms with Crippen LogP contribution in [0.4, 0.5) is 10.1 Å². The number of rotatable bonds is 4. The molecule has 0 unspecified atom stereocenters. The summed E-state index contributed by atoms with van der Waals surface area (Å²) in [5, 5.41) is 6.67. The summed E-state index contributed by atoms with van der Waals surface area (Å²) in [6.07, 6.45) is 0. The molecule has 28 heavy (non-hydrogen) atoms. The second kappa shape index (κ2) is 7.56. The van der Waals surface area contributed by atoms with Gasteiger partial charge in [0, 0.05) is 23.0 Å². The van der Waals surface area contributed by atoms with Gasteiger partial charge in [0.15, 0.2) is 15.0 Å². The van der Waals surface area contributed by atoms with E-state index in [0.29, 0.717) is 17.3 Å². The van der Waals surface area contributed by atoms with Gasteiger partial charge in [-0.2, -0.15) is 0 Å². The van der Waals surface area contributed by atoms with Crippen molar-refractivity contribution in [1.29, 1.82) is 0 Å². The van der Waals surface area contributed by atoms with Crippen molar-refractivity contribution in [3.63, 3.8) is 0 Å². The molecule has 2 aliphatic heterocycles. The summed E-state index contributed by atoms with van der Waals surface area (Å²) in [6.45, 7) is 0.318. The van der Waals surface area contributed by atoms with Crippen LogP contribution in [0, 0.1) is 5.82 Å². The summed E-state index contributed by atoms with van der Waals surface area (Å²) in [6, 6.07) is 12.8. The third-order valence-electron chi connectivity index (χ3n) is 4.58. The molecule has 0 aromatic heterocycles. The second-order valence-electron chi connectivity index (χ2n) is 6.75. The fourth-order valence-electron chi connectivity index (χ4n) is 3.13. The first kappa shape index (κ1) is 18.9. The lowest BCUT2D eigenvalue weighted by Crippen LogP contribution is -2.22. The molecule has 0 spiro atoms. The molecule has 2 heterocycles. The zero-order valence-corrected chi connectivity index (χ0v) is 16.4. The largest absolute Gasteiger partial charge is 0.348 e. The Morgan fingerprint density at radius 2 is 1.82 bits per heavy atom. The maximum atomic E-state index is 12.9. The molecule has 0 aliphatic carbocycles. The van der Waals surface area contributed by atoms with Crippen molar-refractivity contribution in [3.05, 3.63) is 65.5 Å². The molecule has 1 amide bonds. The Morgan fingerprint density at radius 3 is 2.50 bits per heavy atom. The first-order valence-electron chi connectivity index (χ1n) is 8.73. The molecule has 6 nitrogen and oxygen atoms in total. The smallest absolute Gasteiger partial charge is 0.251 e. The van der Waals surface area contributed by atoms with Gasteiger partial charge in [0.25, 0.3) is 5.91 Å². The van der Waals surface area contributed by atoms with Gasteiger partial charge in [-0.3, -0.25) is 9.79 Å². The Kier molecular flexibility index (Phi) is 5.11. The number of carbonyl (C=O) groups is 1. The van der Waals surface area contributed by atoms with Crippen LogP contribution in [-0.2, 0) is 16.4 Å². The van der Waals surface area contributed by atoms with Crippen molar-refractivity contribution in [1.82, 2.24) is 5.32 Å². The minimum atomic E-state index is -2.96. The van der Waals surface area contributed by atoms with E-state index in [1.165, 1.54) is 23.9 Å². The van der Waals surface area contributed by atoms with Crippen molar-refractivity contribution in [2.24, 2.45) is 4.99 Å². The maximum Gasteiger partial charge on any atom is 0.251 e. The number of sulfone groups is 1. The van der Waals surface area contributed by atoms with Gasteiger partial charge in [0.2, 0.25) is 0 Å². The summed E-state index contributed by atoms with van der Waals surface area (Å²) in [7, 11) is -2.96. The van der Waals surface area contributed by atoms with Crippen molar-refractivity contribution in [3.8, 4) is 0 Å². The number of amides is 1. The number of halogens is 1. The van der Waals surface area contributed by atoms with Crippen LogP contribution in [0.1, 0.15) is 15.9 Å². The van der Waals surface area contributed by atoms with E-state index in [2.05, 4.69) is 15.6 Å². The first-order chi connectivity index (χ1) is 13.4. The van der Waals surface area contributed by atoms with E-state index in [1.54, 1.807) is 36.4 Å². The predicted octanol–water partition coefficient (Wildman–Crippen LogP) is 2.44. The highest BCUT2D eigenvalue weighted by atomic mass is 32.2. The molecule has 4 rings (SSSR count). The number of carbonyl (C=O) groups excluding carboxylic acids is 1. The highest BCUT2D eigenvalue weighted by Gasteiger charge is 2.42. The molecular weight excluding hydrogens is 401 g/mol. The molecule has 2 N–H and O–H groups in total. The van der Waals surface area contributed by atoms with Crippen molar-refractivity contribution in [2.45, 2.75) is 17.8 Å². The molecule has 2 atom stereocenters. The number of aliphatic imine (C=N–C) groups is 1. The molecule has 2 aliphatic rings. The van der Waals surface area contributed by atoms with Gasteiger partial charge in [0.1, 0.15) is 5.82 Å². The van der Waals surface area contributed by atoms with Gasteiger partial charge in [0.05, 0.1) is 17.5 Å². The zero-order valence-electron chi connectivity index (χ0n) is 14.8. The Balaban J connectivity index is 1.32. The van der Waals surface area contributed by atoms with E-state index in [1.807, 2.05) is 0 Å². The van der Waals surface area contributed by atoms with Crippen molar-refractivity contribution >= 4 is 38.4 Å². The summed E-state index contributed by atoms with van der Waals surface area (Å²) in [5.41, 5.74) is 2.11. The summed E-state index contributed by atoms with van der Waals surface area (Å²) in [4.78, 5) is 16.7. The number of amidine groups is 1. The Bertz CT molecular complexity index is 1020. The van der Waals surface area contributed by atoms with Gasteiger partial charge >= 0.3 is 0 Å². The molecule has 1 fully saturated rings. The third kappa shape index (κ3) is 4.36.